The van der Waals surface area contributed by atoms with Crippen molar-refractivity contribution in [2.24, 2.45) is 5.92 Å². The molecule has 5 heteroatoms. The fourth-order valence-corrected chi connectivity index (χ4v) is 2.03. The molecule has 0 bridgehead atoms. The molecule has 1 aromatic carbocycles. The Kier molecular flexibility index (Phi) is 6.21. The number of methoxy groups -OCH3 is 1. The number of carboxylic acid groups (broad SMARTS) is 1. The molecule has 0 fully saturated rings. The van der Waals surface area contributed by atoms with E-state index in [1.165, 1.54) is 0 Å². The Balaban J connectivity index is 2.73. The van der Waals surface area contributed by atoms with Crippen LogP contribution in [0.2, 0.25) is 0 Å². The van der Waals surface area contributed by atoms with E-state index in [1.807, 2.05) is 13.8 Å². The SMILES string of the molecule is COc1ccc(C(C)C(=O)N[C@H](CC(C)C)C(=O)O)cc1. The summed E-state index contributed by atoms with van der Waals surface area (Å²) in [7, 11) is 1.58. The lowest BCUT2D eigenvalue weighted by Gasteiger charge is -2.19. The number of ether oxygens (including phenoxy) is 1. The topological polar surface area (TPSA) is 75.6 Å². The molecule has 0 aliphatic heterocycles. The van der Waals surface area contributed by atoms with Gasteiger partial charge in [-0.1, -0.05) is 26.0 Å². The van der Waals surface area contributed by atoms with Gasteiger partial charge in [-0.25, -0.2) is 4.79 Å². The summed E-state index contributed by atoms with van der Waals surface area (Å²) >= 11 is 0. The van der Waals surface area contributed by atoms with E-state index in [4.69, 9.17) is 9.84 Å². The second-order valence-corrected chi connectivity index (χ2v) is 5.52. The van der Waals surface area contributed by atoms with E-state index in [0.29, 0.717) is 6.42 Å². The quantitative estimate of drug-likeness (QED) is 0.809. The minimum Gasteiger partial charge on any atom is -0.497 e. The molecule has 0 spiro atoms. The van der Waals surface area contributed by atoms with Crippen LogP contribution in [0.5, 0.6) is 5.75 Å². The lowest BCUT2D eigenvalue weighted by molar-refractivity contribution is -0.142. The van der Waals surface area contributed by atoms with Gasteiger partial charge in [-0.3, -0.25) is 4.79 Å². The van der Waals surface area contributed by atoms with Crippen molar-refractivity contribution in [2.75, 3.05) is 7.11 Å². The summed E-state index contributed by atoms with van der Waals surface area (Å²) in [5.41, 5.74) is 0.821. The van der Waals surface area contributed by atoms with Crippen LogP contribution in [-0.2, 0) is 9.59 Å². The van der Waals surface area contributed by atoms with Gasteiger partial charge in [0.05, 0.1) is 13.0 Å². The van der Waals surface area contributed by atoms with Crippen LogP contribution in [-0.4, -0.2) is 30.1 Å². The van der Waals surface area contributed by atoms with E-state index in [1.54, 1.807) is 38.3 Å². The predicted octanol–water partition coefficient (Wildman–Crippen LogP) is 2.41. The number of aliphatic carboxylic acids is 1. The second-order valence-electron chi connectivity index (χ2n) is 5.52. The first-order valence-electron chi connectivity index (χ1n) is 7.02. The van der Waals surface area contributed by atoms with Crippen molar-refractivity contribution in [3.05, 3.63) is 29.8 Å². The first kappa shape index (κ1) is 17.0. The van der Waals surface area contributed by atoms with Gasteiger partial charge in [-0.2, -0.15) is 0 Å². The van der Waals surface area contributed by atoms with E-state index in [2.05, 4.69) is 5.32 Å². The molecule has 0 aromatic heterocycles. The summed E-state index contributed by atoms with van der Waals surface area (Å²) in [4.78, 5) is 23.4. The zero-order valence-corrected chi connectivity index (χ0v) is 12.9. The van der Waals surface area contributed by atoms with Crippen LogP contribution >= 0.6 is 0 Å². The summed E-state index contributed by atoms with van der Waals surface area (Å²) in [5.74, 6) is -0.783. The maximum absolute atomic E-state index is 12.2. The van der Waals surface area contributed by atoms with Gasteiger partial charge in [-0.15, -0.1) is 0 Å². The Morgan fingerprint density at radius 1 is 1.19 bits per heavy atom. The average Bonchev–Trinajstić information content (AvgIpc) is 2.45. The molecule has 116 valence electrons. The Morgan fingerprint density at radius 2 is 1.76 bits per heavy atom. The number of rotatable bonds is 7. The zero-order valence-electron chi connectivity index (χ0n) is 12.9. The lowest BCUT2D eigenvalue weighted by atomic mass is 9.98. The van der Waals surface area contributed by atoms with Crippen molar-refractivity contribution in [3.63, 3.8) is 0 Å². The number of benzene rings is 1. The standard InChI is InChI=1S/C16H23NO4/c1-10(2)9-14(16(19)20)17-15(18)11(3)12-5-7-13(21-4)8-6-12/h5-8,10-11,14H,9H2,1-4H3,(H,17,18)(H,19,20)/t11?,14-/m1/s1. The van der Waals surface area contributed by atoms with Crippen LogP contribution in [0.3, 0.4) is 0 Å². The smallest absolute Gasteiger partial charge is 0.326 e. The Bertz CT molecular complexity index is 482. The molecular weight excluding hydrogens is 270 g/mol. The summed E-state index contributed by atoms with van der Waals surface area (Å²) < 4.78 is 5.07. The molecule has 21 heavy (non-hydrogen) atoms. The molecule has 0 saturated carbocycles. The van der Waals surface area contributed by atoms with Gasteiger partial charge in [0.2, 0.25) is 5.91 Å². The molecule has 1 aromatic rings. The highest BCUT2D eigenvalue weighted by Gasteiger charge is 2.24. The van der Waals surface area contributed by atoms with Crippen LogP contribution < -0.4 is 10.1 Å². The van der Waals surface area contributed by atoms with Gasteiger partial charge in [-0.05, 0) is 37.0 Å². The third-order valence-corrected chi connectivity index (χ3v) is 3.33. The summed E-state index contributed by atoms with van der Waals surface area (Å²) in [6.45, 7) is 5.61. The molecule has 0 radical (unpaired) electrons. The Hall–Kier alpha value is -2.04. The lowest BCUT2D eigenvalue weighted by Crippen LogP contribution is -2.43. The number of nitrogens with one attached hydrogen (secondary N) is 1. The fraction of sp³-hybridized carbons (Fsp3) is 0.500. The zero-order chi connectivity index (χ0) is 16.0. The fourth-order valence-electron chi connectivity index (χ4n) is 2.03. The highest BCUT2D eigenvalue weighted by atomic mass is 16.5. The third kappa shape index (κ3) is 5.10. The van der Waals surface area contributed by atoms with E-state index < -0.39 is 17.9 Å². The number of carboxylic acids is 1. The minimum atomic E-state index is -1.00. The summed E-state index contributed by atoms with van der Waals surface area (Å²) in [5, 5.41) is 11.8. The molecule has 1 amide bonds. The molecule has 5 nitrogen and oxygen atoms in total. The van der Waals surface area contributed by atoms with Gasteiger partial charge >= 0.3 is 5.97 Å². The van der Waals surface area contributed by atoms with Gasteiger partial charge in [0, 0.05) is 0 Å². The highest BCUT2D eigenvalue weighted by Crippen LogP contribution is 2.19. The maximum atomic E-state index is 12.2. The van der Waals surface area contributed by atoms with Crippen LogP contribution in [0.1, 0.15) is 38.7 Å². The monoisotopic (exact) mass is 293 g/mol. The average molecular weight is 293 g/mol. The molecular formula is C16H23NO4. The van der Waals surface area contributed by atoms with Gasteiger partial charge < -0.3 is 15.2 Å². The molecule has 0 aliphatic rings. The maximum Gasteiger partial charge on any atom is 0.326 e. The largest absolute Gasteiger partial charge is 0.497 e. The van der Waals surface area contributed by atoms with Crippen molar-refractivity contribution in [3.8, 4) is 5.75 Å². The number of hydrogen-bond donors (Lipinski definition) is 2. The van der Waals surface area contributed by atoms with Crippen molar-refractivity contribution in [2.45, 2.75) is 39.2 Å². The van der Waals surface area contributed by atoms with Crippen LogP contribution in [0.25, 0.3) is 0 Å². The summed E-state index contributed by atoms with van der Waals surface area (Å²) in [6, 6.07) is 6.32. The highest BCUT2D eigenvalue weighted by molar-refractivity contribution is 5.87. The molecule has 0 heterocycles. The molecule has 2 atom stereocenters. The number of amides is 1. The van der Waals surface area contributed by atoms with Gasteiger partial charge in [0.1, 0.15) is 11.8 Å². The molecule has 0 aliphatic carbocycles. The Morgan fingerprint density at radius 3 is 2.19 bits per heavy atom. The first-order chi connectivity index (χ1) is 9.85. The van der Waals surface area contributed by atoms with Gasteiger partial charge in [0.25, 0.3) is 0 Å². The van der Waals surface area contributed by atoms with Crippen molar-refractivity contribution >= 4 is 11.9 Å². The van der Waals surface area contributed by atoms with Crippen LogP contribution in [0.15, 0.2) is 24.3 Å². The predicted molar refractivity (Wildman–Crippen MR) is 80.4 cm³/mol. The minimum absolute atomic E-state index is 0.197. The van der Waals surface area contributed by atoms with E-state index >= 15 is 0 Å². The van der Waals surface area contributed by atoms with Crippen molar-refractivity contribution in [1.82, 2.24) is 5.32 Å². The number of hydrogen-bond acceptors (Lipinski definition) is 3. The molecule has 1 unspecified atom stereocenters. The first-order valence-corrected chi connectivity index (χ1v) is 7.02. The summed E-state index contributed by atoms with van der Waals surface area (Å²) in [6.07, 6.45) is 0.413. The van der Waals surface area contributed by atoms with Crippen molar-refractivity contribution < 1.29 is 19.4 Å². The van der Waals surface area contributed by atoms with Crippen LogP contribution in [0, 0.1) is 5.92 Å². The van der Waals surface area contributed by atoms with Crippen molar-refractivity contribution in [1.29, 1.82) is 0 Å². The molecule has 2 N–H and O–H groups in total. The number of carbonyl (C=O) groups is 2. The Labute approximate surface area is 125 Å². The second kappa shape index (κ2) is 7.67. The molecule has 0 saturated heterocycles. The van der Waals surface area contributed by atoms with Gasteiger partial charge in [0.15, 0.2) is 0 Å². The van der Waals surface area contributed by atoms with Crippen LogP contribution in [0.4, 0.5) is 0 Å². The number of carbonyl (C=O) groups excluding carboxylic acids is 1. The third-order valence-electron chi connectivity index (χ3n) is 3.33. The van der Waals surface area contributed by atoms with E-state index in [9.17, 15) is 9.59 Å². The van der Waals surface area contributed by atoms with E-state index in [-0.39, 0.29) is 11.8 Å². The normalized spacial score (nSPS) is 13.6. The molecule has 1 rings (SSSR count). The van der Waals surface area contributed by atoms with E-state index in [0.717, 1.165) is 11.3 Å².